The normalized spacial score (nSPS) is 16.9. The van der Waals surface area contributed by atoms with Crippen LogP contribution >= 0.6 is 35.0 Å². The van der Waals surface area contributed by atoms with Gasteiger partial charge in [0.25, 0.3) is 0 Å². The molecular formula is C22H28Cl2N6O2S. The molecule has 1 aliphatic heterocycles. The molecule has 1 aromatic carbocycles. The van der Waals surface area contributed by atoms with Crippen LogP contribution in [0, 0.1) is 0 Å². The fourth-order valence-corrected chi connectivity index (χ4v) is 4.47. The van der Waals surface area contributed by atoms with Gasteiger partial charge in [-0.25, -0.2) is 14.8 Å². The van der Waals surface area contributed by atoms with E-state index in [1.54, 1.807) is 35.2 Å². The minimum absolute atomic E-state index is 0.0518. The van der Waals surface area contributed by atoms with Crippen LogP contribution in [0.5, 0.6) is 0 Å². The number of urea groups is 1. The highest BCUT2D eigenvalue weighted by Crippen LogP contribution is 2.24. The minimum atomic E-state index is -0.172. The van der Waals surface area contributed by atoms with Gasteiger partial charge in [0, 0.05) is 48.5 Å². The lowest BCUT2D eigenvalue weighted by Gasteiger charge is -2.40. The maximum absolute atomic E-state index is 12.8. The number of rotatable bonds is 7. The monoisotopic (exact) mass is 510 g/mol. The van der Waals surface area contributed by atoms with Crippen molar-refractivity contribution >= 4 is 58.4 Å². The number of aromatic nitrogens is 2. The molecule has 1 saturated heterocycles. The van der Waals surface area contributed by atoms with E-state index >= 15 is 0 Å². The lowest BCUT2D eigenvalue weighted by molar-refractivity contribution is -0.119. The minimum Gasteiger partial charge on any atom is -0.353 e. The van der Waals surface area contributed by atoms with E-state index in [4.69, 9.17) is 23.2 Å². The molecule has 2 N–H and O–H groups in total. The van der Waals surface area contributed by atoms with E-state index in [0.717, 1.165) is 6.42 Å². The van der Waals surface area contributed by atoms with Crippen molar-refractivity contribution in [2.45, 2.75) is 44.4 Å². The number of nitrogens with zero attached hydrogens (tertiary/aromatic N) is 4. The number of amides is 3. The van der Waals surface area contributed by atoms with Crippen molar-refractivity contribution in [1.29, 1.82) is 0 Å². The number of carbonyl (C=O) groups excluding carboxylic acids is 2. The molecule has 178 valence electrons. The third-order valence-electron chi connectivity index (χ3n) is 5.30. The van der Waals surface area contributed by atoms with Crippen LogP contribution in [-0.4, -0.2) is 64.3 Å². The summed E-state index contributed by atoms with van der Waals surface area (Å²) in [6.45, 7) is 7.68. The Labute approximate surface area is 208 Å². The van der Waals surface area contributed by atoms with E-state index in [1.807, 2.05) is 20.8 Å². The van der Waals surface area contributed by atoms with Crippen LogP contribution in [0.15, 0.2) is 35.5 Å². The standard InChI is InChI=1S/C22H28Cl2N6O2S/c1-4-14(2)25-20(31)13-33-21-27-18(24)11-19(28-21)29-8-9-30(15(3)12-29)22(32)26-17-7-5-6-16(23)10-17/h5-7,10-11,14-15H,4,8-9,12-13H2,1-3H3,(H,25,31)(H,26,32). The Kier molecular flexibility index (Phi) is 9.05. The Morgan fingerprint density at radius 2 is 2.03 bits per heavy atom. The van der Waals surface area contributed by atoms with Gasteiger partial charge in [0.1, 0.15) is 11.0 Å². The molecule has 2 atom stereocenters. The summed E-state index contributed by atoms with van der Waals surface area (Å²) in [5, 5.41) is 7.16. The summed E-state index contributed by atoms with van der Waals surface area (Å²) in [7, 11) is 0. The number of anilines is 2. The van der Waals surface area contributed by atoms with E-state index in [9.17, 15) is 9.59 Å². The van der Waals surface area contributed by atoms with E-state index in [1.165, 1.54) is 11.8 Å². The summed E-state index contributed by atoms with van der Waals surface area (Å²) in [5.74, 6) is 0.840. The zero-order valence-corrected chi connectivity index (χ0v) is 21.2. The Morgan fingerprint density at radius 3 is 2.73 bits per heavy atom. The number of hydrogen-bond donors (Lipinski definition) is 2. The van der Waals surface area contributed by atoms with Crippen LogP contribution in [0.4, 0.5) is 16.3 Å². The van der Waals surface area contributed by atoms with Gasteiger partial charge in [-0.1, -0.05) is 48.0 Å². The fraction of sp³-hybridized carbons (Fsp3) is 0.455. The van der Waals surface area contributed by atoms with Crippen molar-refractivity contribution in [1.82, 2.24) is 20.2 Å². The molecule has 1 fully saturated rings. The average molecular weight is 511 g/mol. The van der Waals surface area contributed by atoms with E-state index < -0.39 is 0 Å². The summed E-state index contributed by atoms with van der Waals surface area (Å²) in [5.41, 5.74) is 0.656. The second kappa shape index (κ2) is 11.8. The first-order valence-corrected chi connectivity index (χ1v) is 12.5. The van der Waals surface area contributed by atoms with Crippen LogP contribution in [0.2, 0.25) is 10.2 Å². The molecule has 3 rings (SSSR count). The summed E-state index contributed by atoms with van der Waals surface area (Å²) in [6.07, 6.45) is 0.871. The summed E-state index contributed by atoms with van der Waals surface area (Å²) < 4.78 is 0. The highest BCUT2D eigenvalue weighted by molar-refractivity contribution is 7.99. The zero-order valence-electron chi connectivity index (χ0n) is 18.8. The Morgan fingerprint density at radius 1 is 1.24 bits per heavy atom. The van der Waals surface area contributed by atoms with Gasteiger partial charge >= 0.3 is 6.03 Å². The molecule has 2 unspecified atom stereocenters. The molecule has 11 heteroatoms. The predicted molar refractivity (Wildman–Crippen MR) is 135 cm³/mol. The van der Waals surface area contributed by atoms with Crippen molar-refractivity contribution in [2.75, 3.05) is 35.6 Å². The molecule has 0 radical (unpaired) electrons. The molecule has 3 amide bonds. The third-order valence-corrected chi connectivity index (χ3v) is 6.58. The van der Waals surface area contributed by atoms with Crippen LogP contribution < -0.4 is 15.5 Å². The number of hydrogen-bond acceptors (Lipinski definition) is 6. The summed E-state index contributed by atoms with van der Waals surface area (Å²) in [4.78, 5) is 37.5. The van der Waals surface area contributed by atoms with Crippen LogP contribution in [-0.2, 0) is 4.79 Å². The van der Waals surface area contributed by atoms with Gasteiger partial charge in [-0.15, -0.1) is 0 Å². The van der Waals surface area contributed by atoms with Gasteiger partial charge in [-0.2, -0.15) is 0 Å². The first-order chi connectivity index (χ1) is 15.7. The highest BCUT2D eigenvalue weighted by atomic mass is 35.5. The molecule has 0 spiro atoms. The van der Waals surface area contributed by atoms with Crippen LogP contribution in [0.3, 0.4) is 0 Å². The maximum Gasteiger partial charge on any atom is 0.322 e. The van der Waals surface area contributed by atoms with E-state index in [2.05, 4.69) is 25.5 Å². The predicted octanol–water partition coefficient (Wildman–Crippen LogP) is 4.53. The van der Waals surface area contributed by atoms with Crippen molar-refractivity contribution in [3.8, 4) is 0 Å². The van der Waals surface area contributed by atoms with Crippen molar-refractivity contribution in [3.05, 3.63) is 40.5 Å². The van der Waals surface area contributed by atoms with Crippen LogP contribution in [0.1, 0.15) is 27.2 Å². The number of nitrogens with one attached hydrogen (secondary N) is 2. The fourth-order valence-electron chi connectivity index (χ4n) is 3.39. The number of carbonyl (C=O) groups is 2. The quantitative estimate of drug-likeness (QED) is 0.323. The molecule has 33 heavy (non-hydrogen) atoms. The van der Waals surface area contributed by atoms with Gasteiger partial charge in [0.2, 0.25) is 5.91 Å². The largest absolute Gasteiger partial charge is 0.353 e. The van der Waals surface area contributed by atoms with Gasteiger partial charge in [0.15, 0.2) is 5.16 Å². The Bertz CT molecular complexity index is 995. The van der Waals surface area contributed by atoms with Crippen LogP contribution in [0.25, 0.3) is 0 Å². The number of piperazine rings is 1. The molecule has 2 heterocycles. The van der Waals surface area contributed by atoms with Gasteiger partial charge in [-0.05, 0) is 38.5 Å². The second-order valence-corrected chi connectivity index (χ2v) is 9.69. The van der Waals surface area contributed by atoms with Gasteiger partial charge in [-0.3, -0.25) is 4.79 Å². The highest BCUT2D eigenvalue weighted by Gasteiger charge is 2.28. The molecular weight excluding hydrogens is 483 g/mol. The average Bonchev–Trinajstić information content (AvgIpc) is 2.77. The molecule has 2 aromatic rings. The number of thioether (sulfide) groups is 1. The third kappa shape index (κ3) is 7.38. The lowest BCUT2D eigenvalue weighted by atomic mass is 10.2. The first kappa shape index (κ1) is 25.4. The molecule has 0 aliphatic carbocycles. The Hall–Kier alpha value is -2.23. The summed E-state index contributed by atoms with van der Waals surface area (Å²) >= 11 is 13.5. The smallest absolute Gasteiger partial charge is 0.322 e. The van der Waals surface area contributed by atoms with Gasteiger partial charge in [0.05, 0.1) is 5.75 Å². The Balaban J connectivity index is 1.59. The molecule has 1 aliphatic rings. The molecule has 8 nitrogen and oxygen atoms in total. The van der Waals surface area contributed by atoms with Crippen molar-refractivity contribution < 1.29 is 9.59 Å². The zero-order chi connectivity index (χ0) is 24.0. The number of halogens is 2. The van der Waals surface area contributed by atoms with Crippen molar-refractivity contribution in [2.24, 2.45) is 0 Å². The first-order valence-electron chi connectivity index (χ1n) is 10.8. The SMILES string of the molecule is CCC(C)NC(=O)CSc1nc(Cl)cc(N2CCN(C(=O)Nc3cccc(Cl)c3)C(C)C2)n1. The molecule has 0 saturated carbocycles. The van der Waals surface area contributed by atoms with Crippen molar-refractivity contribution in [3.63, 3.8) is 0 Å². The topological polar surface area (TPSA) is 90.5 Å². The van der Waals surface area contributed by atoms with E-state index in [-0.39, 0.29) is 29.8 Å². The second-order valence-electron chi connectivity index (χ2n) is 7.93. The molecule has 0 bridgehead atoms. The van der Waals surface area contributed by atoms with Gasteiger partial charge < -0.3 is 20.4 Å². The number of benzene rings is 1. The maximum atomic E-state index is 12.8. The van der Waals surface area contributed by atoms with E-state index in [0.29, 0.717) is 46.5 Å². The molecule has 1 aromatic heterocycles. The lowest BCUT2D eigenvalue weighted by Crippen LogP contribution is -2.55. The summed E-state index contributed by atoms with van der Waals surface area (Å²) in [6, 6.07) is 8.68.